The van der Waals surface area contributed by atoms with Gasteiger partial charge in [-0.1, -0.05) is 18.5 Å². The van der Waals surface area contributed by atoms with Crippen molar-refractivity contribution >= 4 is 27.3 Å². The molecule has 1 heterocycles. The summed E-state index contributed by atoms with van der Waals surface area (Å²) in [7, 11) is -3.93. The zero-order valence-corrected chi connectivity index (χ0v) is 15.6. The smallest absolute Gasteiger partial charge is 0.335 e. The number of nitrogen functional groups attached to an aromatic ring is 1. The Labute approximate surface area is 160 Å². The van der Waals surface area contributed by atoms with Gasteiger partial charge >= 0.3 is 11.9 Å². The van der Waals surface area contributed by atoms with Gasteiger partial charge in [0, 0.05) is 5.56 Å². The molecule has 0 bridgehead atoms. The number of hydrogen-bond acceptors (Lipinski definition) is 5. The largest absolute Gasteiger partial charge is 0.434 e. The number of H-pyrrole nitrogens is 1. The normalized spacial score (nSPS) is 12.2. The molecule has 0 spiro atoms. The Morgan fingerprint density at radius 2 is 1.89 bits per heavy atom. The predicted octanol–water partition coefficient (Wildman–Crippen LogP) is 1.88. The SMILES string of the molecule is CCCS(=O)(=O)Nc1cc(-c2c(C(F)(F)F)n(N)c(=O)[nH]c2=O)c(F)cc1Cl. The molecule has 0 radical (unpaired) electrons. The van der Waals surface area contributed by atoms with Crippen molar-refractivity contribution in [2.45, 2.75) is 19.5 Å². The molecule has 0 fully saturated rings. The number of anilines is 1. The van der Waals surface area contributed by atoms with Crippen molar-refractivity contribution in [3.8, 4) is 11.1 Å². The lowest BCUT2D eigenvalue weighted by molar-refractivity contribution is -0.143. The Morgan fingerprint density at radius 3 is 2.43 bits per heavy atom. The molecule has 0 aliphatic carbocycles. The number of nitrogens with one attached hydrogen (secondary N) is 2. The third-order valence-corrected chi connectivity index (χ3v) is 5.27. The van der Waals surface area contributed by atoms with Crippen molar-refractivity contribution in [1.29, 1.82) is 0 Å². The lowest BCUT2D eigenvalue weighted by atomic mass is 10.0. The van der Waals surface area contributed by atoms with Gasteiger partial charge in [0.1, 0.15) is 5.82 Å². The van der Waals surface area contributed by atoms with Crippen LogP contribution in [0.3, 0.4) is 0 Å². The summed E-state index contributed by atoms with van der Waals surface area (Å²) in [6.45, 7) is 1.57. The van der Waals surface area contributed by atoms with E-state index in [4.69, 9.17) is 17.4 Å². The molecule has 0 atom stereocenters. The maximum absolute atomic E-state index is 14.4. The fourth-order valence-electron chi connectivity index (χ4n) is 2.38. The van der Waals surface area contributed by atoms with E-state index < -0.39 is 60.8 Å². The molecule has 2 aromatic rings. The average molecular weight is 445 g/mol. The molecule has 1 aromatic heterocycles. The van der Waals surface area contributed by atoms with Gasteiger partial charge in [0.05, 0.1) is 22.0 Å². The second kappa shape index (κ2) is 7.47. The first-order valence-corrected chi connectivity index (χ1v) is 9.53. The summed E-state index contributed by atoms with van der Waals surface area (Å²) >= 11 is 5.77. The van der Waals surface area contributed by atoms with E-state index in [1.165, 1.54) is 4.98 Å². The molecule has 0 unspecified atom stereocenters. The maximum Gasteiger partial charge on any atom is 0.434 e. The second-order valence-electron chi connectivity index (χ2n) is 5.58. The van der Waals surface area contributed by atoms with Crippen LogP contribution in [0.15, 0.2) is 21.7 Å². The summed E-state index contributed by atoms with van der Waals surface area (Å²) in [4.78, 5) is 25.0. The van der Waals surface area contributed by atoms with Crippen molar-refractivity contribution in [3.05, 3.63) is 49.5 Å². The molecule has 14 heteroatoms. The van der Waals surface area contributed by atoms with Crippen molar-refractivity contribution < 1.29 is 26.0 Å². The van der Waals surface area contributed by atoms with Crippen LogP contribution in [0, 0.1) is 5.82 Å². The minimum Gasteiger partial charge on any atom is -0.335 e. The first-order chi connectivity index (χ1) is 12.8. The number of rotatable bonds is 5. The number of hydrogen-bond donors (Lipinski definition) is 3. The van der Waals surface area contributed by atoms with E-state index in [-0.39, 0.29) is 16.8 Å². The van der Waals surface area contributed by atoms with E-state index in [9.17, 15) is 35.6 Å². The molecule has 1 aromatic carbocycles. The molecule has 0 saturated carbocycles. The van der Waals surface area contributed by atoms with Crippen LogP contribution in [-0.2, 0) is 16.2 Å². The standard InChI is InChI=1S/C14H13ClF4N4O4S/c1-2-3-28(26,27)22-9-4-6(8(16)5-7(9)15)10-11(14(17,18)19)23(20)13(25)21-12(10)24/h4-5,22H,2-3,20H2,1H3,(H,21,24,25). The Kier molecular flexibility index (Phi) is 5.80. The molecule has 0 amide bonds. The average Bonchev–Trinajstić information content (AvgIpc) is 2.52. The Balaban J connectivity index is 2.84. The first kappa shape index (κ1) is 21.8. The topological polar surface area (TPSA) is 127 Å². The van der Waals surface area contributed by atoms with Crippen LogP contribution >= 0.6 is 11.6 Å². The van der Waals surface area contributed by atoms with Crippen LogP contribution in [0.2, 0.25) is 5.02 Å². The maximum atomic E-state index is 14.4. The van der Waals surface area contributed by atoms with Gasteiger partial charge in [0.2, 0.25) is 10.0 Å². The van der Waals surface area contributed by atoms with Gasteiger partial charge in [-0.15, -0.1) is 0 Å². The van der Waals surface area contributed by atoms with Gasteiger partial charge in [-0.05, 0) is 18.6 Å². The lowest BCUT2D eigenvalue weighted by Gasteiger charge is -2.17. The van der Waals surface area contributed by atoms with Crippen LogP contribution < -0.4 is 21.8 Å². The van der Waals surface area contributed by atoms with Crippen LogP contribution in [-0.4, -0.2) is 23.8 Å². The van der Waals surface area contributed by atoms with Gasteiger partial charge in [-0.2, -0.15) is 13.2 Å². The fraction of sp³-hybridized carbons (Fsp3) is 0.286. The van der Waals surface area contributed by atoms with Crippen molar-refractivity contribution in [2.75, 3.05) is 16.3 Å². The lowest BCUT2D eigenvalue weighted by Crippen LogP contribution is -2.41. The Hall–Kier alpha value is -2.54. The number of aromatic nitrogens is 2. The molecular weight excluding hydrogens is 432 g/mol. The van der Waals surface area contributed by atoms with Gasteiger partial charge in [-0.3, -0.25) is 14.5 Å². The number of nitrogens with zero attached hydrogens (tertiary/aromatic N) is 1. The zero-order chi connectivity index (χ0) is 21.4. The molecule has 0 saturated heterocycles. The molecular formula is C14H13ClF4N4O4S. The summed E-state index contributed by atoms with van der Waals surface area (Å²) in [5.41, 5.74) is -7.76. The minimum atomic E-state index is -5.30. The summed E-state index contributed by atoms with van der Waals surface area (Å²) in [6, 6.07) is 1.15. The van der Waals surface area contributed by atoms with Crippen LogP contribution in [0.25, 0.3) is 11.1 Å². The molecule has 28 heavy (non-hydrogen) atoms. The third-order valence-electron chi connectivity index (χ3n) is 3.48. The van der Waals surface area contributed by atoms with E-state index in [1.54, 1.807) is 6.92 Å². The summed E-state index contributed by atoms with van der Waals surface area (Å²) in [5.74, 6) is 3.39. The summed E-state index contributed by atoms with van der Waals surface area (Å²) < 4.78 is 79.9. The first-order valence-electron chi connectivity index (χ1n) is 7.50. The number of sulfonamides is 1. The van der Waals surface area contributed by atoms with Crippen molar-refractivity contribution in [3.63, 3.8) is 0 Å². The highest BCUT2D eigenvalue weighted by Gasteiger charge is 2.40. The summed E-state index contributed by atoms with van der Waals surface area (Å²) in [6.07, 6.45) is -5.08. The van der Waals surface area contributed by atoms with E-state index in [1.807, 2.05) is 4.72 Å². The molecule has 0 aliphatic heterocycles. The number of alkyl halides is 3. The number of nitrogens with two attached hydrogens (primary N) is 1. The zero-order valence-electron chi connectivity index (χ0n) is 14.0. The van der Waals surface area contributed by atoms with E-state index >= 15 is 0 Å². The second-order valence-corrected chi connectivity index (χ2v) is 7.83. The van der Waals surface area contributed by atoms with Gasteiger partial charge < -0.3 is 5.84 Å². The highest BCUT2D eigenvalue weighted by molar-refractivity contribution is 7.92. The van der Waals surface area contributed by atoms with E-state index in [0.717, 1.165) is 0 Å². The minimum absolute atomic E-state index is 0.219. The van der Waals surface area contributed by atoms with E-state index in [2.05, 4.69) is 0 Å². The highest BCUT2D eigenvalue weighted by Crippen LogP contribution is 2.37. The Bertz CT molecular complexity index is 1140. The highest BCUT2D eigenvalue weighted by atomic mass is 35.5. The molecule has 154 valence electrons. The molecule has 8 nitrogen and oxygen atoms in total. The van der Waals surface area contributed by atoms with Crippen LogP contribution in [0.1, 0.15) is 19.0 Å². The van der Waals surface area contributed by atoms with E-state index in [0.29, 0.717) is 12.1 Å². The molecule has 4 N–H and O–H groups in total. The number of halogens is 5. The fourth-order valence-corrected chi connectivity index (χ4v) is 3.78. The quantitative estimate of drug-likeness (QED) is 0.479. The summed E-state index contributed by atoms with van der Waals surface area (Å²) in [5, 5.41) is -0.452. The van der Waals surface area contributed by atoms with Gasteiger partial charge in [-0.25, -0.2) is 22.3 Å². The number of benzene rings is 1. The monoisotopic (exact) mass is 444 g/mol. The van der Waals surface area contributed by atoms with Crippen molar-refractivity contribution in [1.82, 2.24) is 9.66 Å². The number of aromatic amines is 1. The Morgan fingerprint density at radius 1 is 1.29 bits per heavy atom. The van der Waals surface area contributed by atoms with Gasteiger partial charge in [0.25, 0.3) is 5.56 Å². The predicted molar refractivity (Wildman–Crippen MR) is 94.6 cm³/mol. The van der Waals surface area contributed by atoms with Crippen LogP contribution in [0.4, 0.5) is 23.2 Å². The van der Waals surface area contributed by atoms with Gasteiger partial charge in [0.15, 0.2) is 5.69 Å². The van der Waals surface area contributed by atoms with Crippen LogP contribution in [0.5, 0.6) is 0 Å². The van der Waals surface area contributed by atoms with Crippen molar-refractivity contribution in [2.24, 2.45) is 0 Å². The third kappa shape index (κ3) is 4.30. The molecule has 0 aliphatic rings. The molecule has 2 rings (SSSR count).